The number of hydrogen-bond acceptors (Lipinski definition) is 6. The van der Waals surface area contributed by atoms with Crippen LogP contribution in [-0.2, 0) is 4.79 Å². The van der Waals surface area contributed by atoms with Crippen molar-refractivity contribution < 1.29 is 19.2 Å². The SMILES string of the molecule is COc1ccc([C@H]2C3=C(C[C@H](c4ccc(O)cc4)CC3=O)Nc3onc(C)c32)cc1. The average Bonchev–Trinajstić information content (AvgIpc) is 3.13. The second-order valence-electron chi connectivity index (χ2n) is 7.85. The lowest BCUT2D eigenvalue weighted by atomic mass is 9.72. The third-order valence-corrected chi connectivity index (χ3v) is 6.07. The molecule has 2 aromatic carbocycles. The number of hydrogen-bond donors (Lipinski definition) is 2. The van der Waals surface area contributed by atoms with Crippen LogP contribution in [0.15, 0.2) is 64.3 Å². The van der Waals surface area contributed by atoms with Crippen LogP contribution in [-0.4, -0.2) is 23.2 Å². The Morgan fingerprint density at radius 2 is 1.77 bits per heavy atom. The number of aromatic nitrogens is 1. The van der Waals surface area contributed by atoms with Crippen LogP contribution in [0.5, 0.6) is 11.5 Å². The van der Waals surface area contributed by atoms with Crippen molar-refractivity contribution in [2.24, 2.45) is 0 Å². The number of nitrogens with zero attached hydrogens (tertiary/aromatic N) is 1. The molecule has 6 nitrogen and oxygen atoms in total. The maximum Gasteiger partial charge on any atom is 0.233 e. The number of fused-ring (bicyclic) bond motifs is 1. The van der Waals surface area contributed by atoms with E-state index < -0.39 is 0 Å². The summed E-state index contributed by atoms with van der Waals surface area (Å²) in [6.07, 6.45) is 1.12. The van der Waals surface area contributed by atoms with E-state index in [1.165, 1.54) is 0 Å². The monoisotopic (exact) mass is 402 g/mol. The number of ketones is 1. The Morgan fingerprint density at radius 1 is 1.07 bits per heavy atom. The van der Waals surface area contributed by atoms with Crippen molar-refractivity contribution in [2.45, 2.75) is 31.6 Å². The van der Waals surface area contributed by atoms with Gasteiger partial charge in [0.05, 0.1) is 18.4 Å². The largest absolute Gasteiger partial charge is 0.508 e. The zero-order valence-electron chi connectivity index (χ0n) is 16.8. The van der Waals surface area contributed by atoms with E-state index in [1.54, 1.807) is 19.2 Å². The van der Waals surface area contributed by atoms with Gasteiger partial charge in [-0.1, -0.05) is 29.4 Å². The molecule has 0 fully saturated rings. The Balaban J connectivity index is 1.59. The molecule has 6 heteroatoms. The van der Waals surface area contributed by atoms with E-state index in [4.69, 9.17) is 9.26 Å². The van der Waals surface area contributed by atoms with Crippen LogP contribution >= 0.6 is 0 Å². The molecule has 2 atom stereocenters. The molecule has 0 spiro atoms. The standard InChI is InChI=1S/C24H22N2O4/c1-13-21-22(15-5-9-18(29-2)10-6-15)23-19(25-24(21)30-26-13)11-16(12-20(23)28)14-3-7-17(27)8-4-14/h3-10,16,22,25,27H,11-12H2,1-2H3/t16-,22+/m0/s1. The van der Waals surface area contributed by atoms with E-state index >= 15 is 0 Å². The van der Waals surface area contributed by atoms with E-state index in [2.05, 4.69) is 10.5 Å². The second-order valence-corrected chi connectivity index (χ2v) is 7.85. The third kappa shape index (κ3) is 2.96. The molecule has 1 aromatic heterocycles. The van der Waals surface area contributed by atoms with Crippen LogP contribution in [0.25, 0.3) is 0 Å². The zero-order chi connectivity index (χ0) is 20.8. The molecule has 3 aromatic rings. The van der Waals surface area contributed by atoms with Gasteiger partial charge in [0.1, 0.15) is 11.5 Å². The smallest absolute Gasteiger partial charge is 0.233 e. The summed E-state index contributed by atoms with van der Waals surface area (Å²) in [5, 5.41) is 17.1. The third-order valence-electron chi connectivity index (χ3n) is 6.07. The van der Waals surface area contributed by atoms with Gasteiger partial charge in [0, 0.05) is 23.6 Å². The number of allylic oxidation sites excluding steroid dienone is 2. The van der Waals surface area contributed by atoms with Gasteiger partial charge in [-0.3, -0.25) is 4.79 Å². The number of carbonyl (C=O) groups is 1. The van der Waals surface area contributed by atoms with Gasteiger partial charge in [-0.25, -0.2) is 0 Å². The number of nitrogens with one attached hydrogen (secondary N) is 1. The van der Waals surface area contributed by atoms with Crippen LogP contribution in [0.4, 0.5) is 5.88 Å². The molecular weight excluding hydrogens is 380 g/mol. The average molecular weight is 402 g/mol. The lowest BCUT2D eigenvalue weighted by Crippen LogP contribution is -2.29. The molecule has 0 bridgehead atoms. The Labute approximate surface area is 174 Å². The molecule has 2 aliphatic rings. The zero-order valence-corrected chi connectivity index (χ0v) is 16.8. The number of carbonyl (C=O) groups excluding carboxylic acids is 1. The highest BCUT2D eigenvalue weighted by Crippen LogP contribution is 2.49. The molecule has 0 saturated heterocycles. The minimum atomic E-state index is -0.221. The minimum absolute atomic E-state index is 0.0476. The minimum Gasteiger partial charge on any atom is -0.508 e. The van der Waals surface area contributed by atoms with Crippen molar-refractivity contribution in [3.8, 4) is 11.5 Å². The van der Waals surface area contributed by atoms with Gasteiger partial charge in [-0.05, 0) is 54.7 Å². The maximum atomic E-state index is 13.4. The Morgan fingerprint density at radius 3 is 2.47 bits per heavy atom. The van der Waals surface area contributed by atoms with Gasteiger partial charge in [-0.15, -0.1) is 0 Å². The first-order chi connectivity index (χ1) is 14.5. The number of aryl methyl sites for hydroxylation is 1. The molecule has 2 heterocycles. The highest BCUT2D eigenvalue weighted by molar-refractivity contribution is 6.01. The summed E-state index contributed by atoms with van der Waals surface area (Å²) in [6, 6.07) is 14.9. The van der Waals surface area contributed by atoms with Crippen LogP contribution in [0.1, 0.15) is 47.1 Å². The highest BCUT2D eigenvalue weighted by atomic mass is 16.5. The van der Waals surface area contributed by atoms with Crippen molar-refractivity contribution in [3.05, 3.63) is 82.2 Å². The van der Waals surface area contributed by atoms with Gasteiger partial charge in [0.15, 0.2) is 5.78 Å². The molecule has 1 aliphatic heterocycles. The number of aromatic hydroxyl groups is 1. The molecule has 152 valence electrons. The van der Waals surface area contributed by atoms with Crippen molar-refractivity contribution in [2.75, 3.05) is 12.4 Å². The molecular formula is C24H22N2O4. The molecule has 2 N–H and O–H groups in total. The number of rotatable bonds is 3. The second kappa shape index (κ2) is 7.06. The Hall–Kier alpha value is -3.54. The molecule has 0 radical (unpaired) electrons. The molecule has 0 amide bonds. The van der Waals surface area contributed by atoms with E-state index in [0.717, 1.165) is 39.4 Å². The molecule has 0 unspecified atom stereocenters. The number of phenolic OH excluding ortho intramolecular Hbond substituents is 1. The quantitative estimate of drug-likeness (QED) is 0.663. The fourth-order valence-corrected chi connectivity index (χ4v) is 4.58. The van der Waals surface area contributed by atoms with Crippen LogP contribution in [0.2, 0.25) is 0 Å². The summed E-state index contributed by atoms with van der Waals surface area (Å²) < 4.78 is 10.9. The molecule has 0 saturated carbocycles. The summed E-state index contributed by atoms with van der Waals surface area (Å²) in [7, 11) is 1.64. The summed E-state index contributed by atoms with van der Waals surface area (Å²) in [6.45, 7) is 1.90. The first-order valence-electron chi connectivity index (χ1n) is 9.97. The first-order valence-corrected chi connectivity index (χ1v) is 9.97. The fourth-order valence-electron chi connectivity index (χ4n) is 4.58. The summed E-state index contributed by atoms with van der Waals surface area (Å²) >= 11 is 0. The number of anilines is 1. The number of methoxy groups -OCH3 is 1. The van der Waals surface area contributed by atoms with Crippen molar-refractivity contribution in [1.29, 1.82) is 0 Å². The molecule has 30 heavy (non-hydrogen) atoms. The van der Waals surface area contributed by atoms with E-state index in [-0.39, 0.29) is 23.4 Å². The van der Waals surface area contributed by atoms with Crippen LogP contribution in [0, 0.1) is 6.92 Å². The highest BCUT2D eigenvalue weighted by Gasteiger charge is 2.41. The lowest BCUT2D eigenvalue weighted by molar-refractivity contribution is -0.116. The van der Waals surface area contributed by atoms with E-state index in [1.807, 2.05) is 43.3 Å². The van der Waals surface area contributed by atoms with Gasteiger partial charge in [-0.2, -0.15) is 0 Å². The Bertz CT molecular complexity index is 1140. The van der Waals surface area contributed by atoms with Crippen molar-refractivity contribution in [3.63, 3.8) is 0 Å². The predicted molar refractivity (Wildman–Crippen MR) is 112 cm³/mol. The topological polar surface area (TPSA) is 84.6 Å². The molecule has 5 rings (SSSR count). The summed E-state index contributed by atoms with van der Waals surface area (Å²) in [4.78, 5) is 13.4. The number of Topliss-reactive ketones (excluding diaryl/α,β-unsaturated/α-hetero) is 1. The first kappa shape index (κ1) is 18.5. The predicted octanol–water partition coefficient (Wildman–Crippen LogP) is 4.66. The van der Waals surface area contributed by atoms with Crippen LogP contribution in [0.3, 0.4) is 0 Å². The van der Waals surface area contributed by atoms with Gasteiger partial charge >= 0.3 is 0 Å². The normalized spacial score (nSPS) is 20.4. The van der Waals surface area contributed by atoms with Crippen LogP contribution < -0.4 is 10.1 Å². The summed E-state index contributed by atoms with van der Waals surface area (Å²) in [5.41, 5.74) is 5.40. The lowest BCUT2D eigenvalue weighted by Gasteiger charge is -2.34. The number of benzene rings is 2. The van der Waals surface area contributed by atoms with Gasteiger partial charge < -0.3 is 19.7 Å². The van der Waals surface area contributed by atoms with Gasteiger partial charge in [0.25, 0.3) is 0 Å². The van der Waals surface area contributed by atoms with Crippen molar-refractivity contribution >= 4 is 11.7 Å². The van der Waals surface area contributed by atoms with Gasteiger partial charge in [0.2, 0.25) is 5.88 Å². The van der Waals surface area contributed by atoms with Crippen molar-refractivity contribution in [1.82, 2.24) is 5.16 Å². The van der Waals surface area contributed by atoms with E-state index in [9.17, 15) is 9.90 Å². The maximum absolute atomic E-state index is 13.4. The summed E-state index contributed by atoms with van der Waals surface area (Å²) in [5.74, 6) is 1.54. The number of phenols is 1. The molecule has 1 aliphatic carbocycles. The number of ether oxygens (including phenoxy) is 1. The fraction of sp³-hybridized carbons (Fsp3) is 0.250. The Kier molecular flexibility index (Phi) is 4.35. The van der Waals surface area contributed by atoms with E-state index in [0.29, 0.717) is 18.7 Å².